The molecule has 6 nitrogen and oxygen atoms in total. The summed E-state index contributed by atoms with van der Waals surface area (Å²) < 4.78 is 50.4. The molecule has 1 saturated heterocycles. The fourth-order valence-corrected chi connectivity index (χ4v) is 2.72. The third-order valence-electron chi connectivity index (χ3n) is 4.07. The molecule has 1 N–H and O–H groups in total. The summed E-state index contributed by atoms with van der Waals surface area (Å²) in [5.74, 6) is -0.296. The SMILES string of the molecule is COc1cn(-c2cccc(C(F)(F)F)c2)nc1C(=O)NC[C@H]1CCCO1. The molecule has 1 fully saturated rings. The zero-order valence-electron chi connectivity index (χ0n) is 14.0. The van der Waals surface area contributed by atoms with Crippen molar-refractivity contribution in [1.29, 1.82) is 0 Å². The first-order chi connectivity index (χ1) is 12.4. The summed E-state index contributed by atoms with van der Waals surface area (Å²) in [6, 6.07) is 4.68. The maximum absolute atomic E-state index is 12.9. The third kappa shape index (κ3) is 3.98. The summed E-state index contributed by atoms with van der Waals surface area (Å²) in [6.07, 6.45) is -1.30. The van der Waals surface area contributed by atoms with Crippen molar-refractivity contribution in [1.82, 2.24) is 15.1 Å². The Labute approximate surface area is 147 Å². The van der Waals surface area contributed by atoms with Crippen molar-refractivity contribution >= 4 is 5.91 Å². The molecule has 0 aliphatic carbocycles. The Bertz CT molecular complexity index is 783. The summed E-state index contributed by atoms with van der Waals surface area (Å²) in [4.78, 5) is 12.3. The molecule has 2 heterocycles. The third-order valence-corrected chi connectivity index (χ3v) is 4.07. The standard InChI is InChI=1S/C17H18F3N3O3/c1-25-14-10-23(12-5-2-4-11(8-12)17(18,19)20)22-15(14)16(24)21-9-13-6-3-7-26-13/h2,4-5,8,10,13H,3,6-7,9H2,1H3,(H,21,24)/t13-/m1/s1. The highest BCUT2D eigenvalue weighted by Crippen LogP contribution is 2.30. The van der Waals surface area contributed by atoms with E-state index in [9.17, 15) is 18.0 Å². The number of benzene rings is 1. The lowest BCUT2D eigenvalue weighted by Crippen LogP contribution is -2.32. The number of hydrogen-bond acceptors (Lipinski definition) is 4. The summed E-state index contributed by atoms with van der Waals surface area (Å²) in [6.45, 7) is 1.02. The van der Waals surface area contributed by atoms with Gasteiger partial charge in [0.1, 0.15) is 0 Å². The number of rotatable bonds is 5. The smallest absolute Gasteiger partial charge is 0.416 e. The van der Waals surface area contributed by atoms with Crippen molar-refractivity contribution in [3.05, 3.63) is 41.7 Å². The highest BCUT2D eigenvalue weighted by Gasteiger charge is 2.31. The molecular weight excluding hydrogens is 351 g/mol. The van der Waals surface area contributed by atoms with Crippen LogP contribution < -0.4 is 10.1 Å². The molecule has 1 aliphatic rings. The van der Waals surface area contributed by atoms with Gasteiger partial charge in [-0.2, -0.15) is 18.3 Å². The maximum Gasteiger partial charge on any atom is 0.416 e. The minimum atomic E-state index is -4.46. The molecule has 0 bridgehead atoms. The van der Waals surface area contributed by atoms with Gasteiger partial charge >= 0.3 is 6.18 Å². The molecule has 2 aromatic rings. The molecule has 0 unspecified atom stereocenters. The minimum absolute atomic E-state index is 0.00269. The van der Waals surface area contributed by atoms with Gasteiger partial charge in [-0.3, -0.25) is 4.79 Å². The minimum Gasteiger partial charge on any atom is -0.493 e. The van der Waals surface area contributed by atoms with E-state index in [1.807, 2.05) is 0 Å². The van der Waals surface area contributed by atoms with Crippen molar-refractivity contribution in [2.75, 3.05) is 20.3 Å². The molecule has 0 spiro atoms. The lowest BCUT2D eigenvalue weighted by molar-refractivity contribution is -0.137. The van der Waals surface area contributed by atoms with E-state index >= 15 is 0 Å². The van der Waals surface area contributed by atoms with Gasteiger partial charge in [0.15, 0.2) is 11.4 Å². The molecule has 1 aromatic heterocycles. The molecule has 0 saturated carbocycles. The first-order valence-corrected chi connectivity index (χ1v) is 8.09. The molecule has 3 rings (SSSR count). The van der Waals surface area contributed by atoms with Crippen LogP contribution in [0.4, 0.5) is 13.2 Å². The normalized spacial score (nSPS) is 17.3. The fourth-order valence-electron chi connectivity index (χ4n) is 2.72. The zero-order chi connectivity index (χ0) is 18.7. The van der Waals surface area contributed by atoms with E-state index in [0.29, 0.717) is 13.2 Å². The van der Waals surface area contributed by atoms with Gasteiger partial charge in [0.25, 0.3) is 5.91 Å². The van der Waals surface area contributed by atoms with Crippen molar-refractivity contribution in [2.45, 2.75) is 25.1 Å². The Morgan fingerprint density at radius 1 is 1.46 bits per heavy atom. The number of ether oxygens (including phenoxy) is 2. The number of aromatic nitrogens is 2. The van der Waals surface area contributed by atoms with Gasteiger partial charge in [-0.1, -0.05) is 6.07 Å². The summed E-state index contributed by atoms with van der Waals surface area (Å²) in [5.41, 5.74) is -0.618. The summed E-state index contributed by atoms with van der Waals surface area (Å²) in [5, 5.41) is 6.81. The number of hydrogen-bond donors (Lipinski definition) is 1. The van der Waals surface area contributed by atoms with Crippen LogP contribution >= 0.6 is 0 Å². The van der Waals surface area contributed by atoms with Crippen LogP contribution in [-0.4, -0.2) is 42.1 Å². The van der Waals surface area contributed by atoms with Crippen LogP contribution in [0.5, 0.6) is 5.75 Å². The largest absolute Gasteiger partial charge is 0.493 e. The number of halogens is 3. The van der Waals surface area contributed by atoms with Crippen LogP contribution in [0.1, 0.15) is 28.9 Å². The van der Waals surface area contributed by atoms with Crippen LogP contribution in [0.25, 0.3) is 5.69 Å². The number of carbonyl (C=O) groups is 1. The average molecular weight is 369 g/mol. The monoisotopic (exact) mass is 369 g/mol. The Hall–Kier alpha value is -2.55. The van der Waals surface area contributed by atoms with Crippen LogP contribution in [-0.2, 0) is 10.9 Å². The van der Waals surface area contributed by atoms with E-state index in [1.54, 1.807) is 0 Å². The first-order valence-electron chi connectivity index (χ1n) is 8.09. The second-order valence-corrected chi connectivity index (χ2v) is 5.88. The number of nitrogens with zero attached hydrogens (tertiary/aromatic N) is 2. The Balaban J connectivity index is 1.81. The van der Waals surface area contributed by atoms with Gasteiger partial charge in [0, 0.05) is 13.2 Å². The molecule has 1 aliphatic heterocycles. The second-order valence-electron chi connectivity index (χ2n) is 5.88. The number of alkyl halides is 3. The Morgan fingerprint density at radius 2 is 2.27 bits per heavy atom. The predicted molar refractivity (Wildman–Crippen MR) is 86.4 cm³/mol. The molecule has 0 radical (unpaired) electrons. The van der Waals surface area contributed by atoms with Crippen molar-refractivity contribution in [2.24, 2.45) is 0 Å². The zero-order valence-corrected chi connectivity index (χ0v) is 14.0. The number of nitrogens with one attached hydrogen (secondary N) is 1. The molecule has 1 atom stereocenters. The summed E-state index contributed by atoms with van der Waals surface area (Å²) in [7, 11) is 1.37. The Kier molecular flexibility index (Phi) is 5.17. The first kappa shape index (κ1) is 18.2. The predicted octanol–water partition coefficient (Wildman–Crippen LogP) is 2.81. The van der Waals surface area contributed by atoms with Crippen LogP contribution in [0, 0.1) is 0 Å². The van der Waals surface area contributed by atoms with E-state index in [2.05, 4.69) is 10.4 Å². The van der Waals surface area contributed by atoms with Gasteiger partial charge in [0.05, 0.1) is 30.7 Å². The Morgan fingerprint density at radius 3 is 2.92 bits per heavy atom. The van der Waals surface area contributed by atoms with Crippen molar-refractivity contribution < 1.29 is 27.4 Å². The van der Waals surface area contributed by atoms with Crippen LogP contribution in [0.2, 0.25) is 0 Å². The molecule has 9 heteroatoms. The lowest BCUT2D eigenvalue weighted by atomic mass is 10.2. The van der Waals surface area contributed by atoms with E-state index in [1.165, 1.54) is 30.1 Å². The number of methoxy groups -OCH3 is 1. The van der Waals surface area contributed by atoms with Crippen LogP contribution in [0.15, 0.2) is 30.5 Å². The molecule has 1 amide bonds. The molecular formula is C17H18F3N3O3. The quantitative estimate of drug-likeness (QED) is 0.880. The van der Waals surface area contributed by atoms with Crippen molar-refractivity contribution in [3.63, 3.8) is 0 Å². The van der Waals surface area contributed by atoms with Gasteiger partial charge in [-0.15, -0.1) is 0 Å². The molecule has 140 valence electrons. The highest BCUT2D eigenvalue weighted by atomic mass is 19.4. The number of amides is 1. The number of carbonyl (C=O) groups excluding carboxylic acids is 1. The molecule has 26 heavy (non-hydrogen) atoms. The highest BCUT2D eigenvalue weighted by molar-refractivity contribution is 5.95. The average Bonchev–Trinajstić information content (AvgIpc) is 3.28. The summed E-state index contributed by atoms with van der Waals surface area (Å²) >= 11 is 0. The second kappa shape index (κ2) is 7.36. The van der Waals surface area contributed by atoms with E-state index < -0.39 is 17.6 Å². The van der Waals surface area contributed by atoms with Crippen LogP contribution in [0.3, 0.4) is 0 Å². The van der Waals surface area contributed by atoms with E-state index in [-0.39, 0.29) is 23.2 Å². The fraction of sp³-hybridized carbons (Fsp3) is 0.412. The topological polar surface area (TPSA) is 65.4 Å². The van der Waals surface area contributed by atoms with Gasteiger partial charge in [-0.25, -0.2) is 4.68 Å². The maximum atomic E-state index is 12.9. The van der Waals surface area contributed by atoms with Gasteiger partial charge < -0.3 is 14.8 Å². The van der Waals surface area contributed by atoms with Crippen molar-refractivity contribution in [3.8, 4) is 11.4 Å². The van der Waals surface area contributed by atoms with E-state index in [4.69, 9.17) is 9.47 Å². The van der Waals surface area contributed by atoms with E-state index in [0.717, 1.165) is 25.0 Å². The molecule has 1 aromatic carbocycles. The van der Waals surface area contributed by atoms with Gasteiger partial charge in [0.2, 0.25) is 0 Å². The lowest BCUT2D eigenvalue weighted by Gasteiger charge is -2.10. The van der Waals surface area contributed by atoms with Gasteiger partial charge in [-0.05, 0) is 31.0 Å².